The van der Waals surface area contributed by atoms with Gasteiger partial charge in [0.2, 0.25) is 12.0 Å². The Labute approximate surface area is 144 Å². The Kier molecular flexibility index (Phi) is 2.97. The summed E-state index contributed by atoms with van der Waals surface area (Å²) in [4.78, 5) is 17.0. The third kappa shape index (κ3) is 2.31. The molecule has 5 rings (SSSR count). The number of nitrogens with one attached hydrogen (secondary N) is 1. The molecule has 8 heteroatoms. The lowest BCUT2D eigenvalue weighted by atomic mass is 9.95. The predicted molar refractivity (Wildman–Crippen MR) is 86.0 cm³/mol. The lowest BCUT2D eigenvalue weighted by Gasteiger charge is -2.15. The fourth-order valence-corrected chi connectivity index (χ4v) is 3.93. The van der Waals surface area contributed by atoms with Gasteiger partial charge in [-0.25, -0.2) is 9.67 Å². The van der Waals surface area contributed by atoms with Crippen LogP contribution in [0.25, 0.3) is 5.82 Å². The van der Waals surface area contributed by atoms with Crippen molar-refractivity contribution >= 4 is 5.91 Å². The van der Waals surface area contributed by atoms with E-state index in [9.17, 15) is 15.1 Å². The predicted octanol–water partition coefficient (Wildman–Crippen LogP) is 0.205. The van der Waals surface area contributed by atoms with Crippen LogP contribution in [0.1, 0.15) is 53.3 Å². The molecule has 25 heavy (non-hydrogen) atoms. The van der Waals surface area contributed by atoms with Gasteiger partial charge in [0.05, 0.1) is 24.0 Å². The first-order valence-electron chi connectivity index (χ1n) is 8.70. The molecule has 2 N–H and O–H groups in total. The Bertz CT molecular complexity index is 873. The van der Waals surface area contributed by atoms with Crippen LogP contribution in [0.15, 0.2) is 18.6 Å². The first kappa shape index (κ1) is 14.8. The van der Waals surface area contributed by atoms with Crippen LogP contribution >= 0.6 is 0 Å². The Morgan fingerprint density at radius 3 is 3.08 bits per heavy atom. The summed E-state index contributed by atoms with van der Waals surface area (Å²) in [5.74, 6) is 1.23. The summed E-state index contributed by atoms with van der Waals surface area (Å²) < 4.78 is 2.36. The van der Waals surface area contributed by atoms with E-state index in [1.165, 1.54) is 18.6 Å². The van der Waals surface area contributed by atoms with Crippen molar-refractivity contribution in [1.82, 2.24) is 20.1 Å². The van der Waals surface area contributed by atoms with Crippen molar-refractivity contribution in [3.63, 3.8) is 0 Å². The number of aliphatic hydroxyl groups is 1. The van der Waals surface area contributed by atoms with Gasteiger partial charge in [-0.05, 0) is 38.0 Å². The zero-order valence-electron chi connectivity index (χ0n) is 13.7. The number of aromatic nitrogens is 4. The summed E-state index contributed by atoms with van der Waals surface area (Å²) >= 11 is 0. The van der Waals surface area contributed by atoms with Gasteiger partial charge in [-0.1, -0.05) is 0 Å². The second-order valence-corrected chi connectivity index (χ2v) is 7.43. The van der Waals surface area contributed by atoms with Crippen molar-refractivity contribution < 1.29 is 14.6 Å². The Balaban J connectivity index is 1.58. The molecule has 0 bridgehead atoms. The maximum absolute atomic E-state index is 12.8. The summed E-state index contributed by atoms with van der Waals surface area (Å²) in [5, 5.41) is 28.6. The highest BCUT2D eigenvalue weighted by molar-refractivity contribution is 5.95. The molecule has 3 aliphatic rings. The molecule has 0 radical (unpaired) electrons. The topological polar surface area (TPSA) is 107 Å². The van der Waals surface area contributed by atoms with Crippen LogP contribution in [0.5, 0.6) is 0 Å². The number of nitrogens with zero attached hydrogens (tertiary/aromatic N) is 4. The molecule has 2 aromatic heterocycles. The zero-order valence-corrected chi connectivity index (χ0v) is 13.7. The number of rotatable bonds is 4. The van der Waals surface area contributed by atoms with Gasteiger partial charge in [0, 0.05) is 11.5 Å². The average molecular weight is 341 g/mol. The lowest BCUT2D eigenvalue weighted by Crippen LogP contribution is -2.40. The number of aliphatic hydroxyl groups excluding tert-OH is 1. The summed E-state index contributed by atoms with van der Waals surface area (Å²) in [6, 6.07) is 0. The van der Waals surface area contributed by atoms with Gasteiger partial charge < -0.3 is 15.6 Å². The molecule has 2 heterocycles. The molecule has 0 aromatic carbocycles. The van der Waals surface area contributed by atoms with E-state index in [0.29, 0.717) is 28.1 Å². The van der Waals surface area contributed by atoms with E-state index in [4.69, 9.17) is 0 Å². The van der Waals surface area contributed by atoms with Gasteiger partial charge in [0.25, 0.3) is 5.91 Å². The SMILES string of the molecule is O=C(NC1(CO)CC1)c1nn(-c2c[n+]([O-])ccn2)c2c1CC[C@@H]1C[C@H]21. The number of carbonyl (C=O) groups is 1. The highest BCUT2D eigenvalue weighted by Gasteiger charge is 2.48. The molecule has 0 unspecified atom stereocenters. The van der Waals surface area contributed by atoms with Gasteiger partial charge in [-0.2, -0.15) is 9.83 Å². The minimum absolute atomic E-state index is 0.0528. The molecular formula is C17H19N5O3. The van der Waals surface area contributed by atoms with Crippen molar-refractivity contribution in [1.29, 1.82) is 0 Å². The van der Waals surface area contributed by atoms with Crippen molar-refractivity contribution in [2.75, 3.05) is 6.61 Å². The number of amides is 1. The van der Waals surface area contributed by atoms with E-state index in [1.807, 2.05) is 0 Å². The fraction of sp³-hybridized carbons (Fsp3) is 0.529. The van der Waals surface area contributed by atoms with E-state index < -0.39 is 5.54 Å². The lowest BCUT2D eigenvalue weighted by molar-refractivity contribution is -0.605. The normalized spacial score (nSPS) is 25.0. The first-order chi connectivity index (χ1) is 12.1. The number of carbonyl (C=O) groups excluding carboxylic acids is 1. The molecule has 130 valence electrons. The van der Waals surface area contributed by atoms with Crippen molar-refractivity contribution in [2.45, 2.75) is 43.6 Å². The third-order valence-corrected chi connectivity index (χ3v) is 5.69. The largest absolute Gasteiger partial charge is 0.619 e. The molecule has 2 aromatic rings. The molecule has 0 aliphatic heterocycles. The molecule has 8 nitrogen and oxygen atoms in total. The van der Waals surface area contributed by atoms with Crippen LogP contribution in [0.3, 0.4) is 0 Å². The second-order valence-electron chi connectivity index (χ2n) is 7.43. The zero-order chi connectivity index (χ0) is 17.2. The van der Waals surface area contributed by atoms with Crippen LogP contribution in [0.2, 0.25) is 0 Å². The van der Waals surface area contributed by atoms with Crippen LogP contribution in [-0.2, 0) is 6.42 Å². The second kappa shape index (κ2) is 5.01. The highest BCUT2D eigenvalue weighted by Crippen LogP contribution is 2.55. The molecule has 2 atom stereocenters. The van der Waals surface area contributed by atoms with E-state index in [2.05, 4.69) is 15.4 Å². The summed E-state index contributed by atoms with van der Waals surface area (Å²) in [6.07, 6.45) is 8.70. The van der Waals surface area contributed by atoms with Crippen molar-refractivity contribution in [3.05, 3.63) is 40.7 Å². The molecule has 0 spiro atoms. The van der Waals surface area contributed by atoms with Crippen molar-refractivity contribution in [3.8, 4) is 5.82 Å². The van der Waals surface area contributed by atoms with Crippen molar-refractivity contribution in [2.24, 2.45) is 5.92 Å². The standard InChI is InChI=1S/C17H19N5O3/c23-9-17(3-4-17)19-16(24)14-11-2-1-10-7-12(10)15(11)22(20-14)13-8-21(25)6-5-18-13/h5-6,8,10,12,23H,1-4,7,9H2,(H,19,24)/t10-,12+/m1/s1. The van der Waals surface area contributed by atoms with Gasteiger partial charge in [-0.15, -0.1) is 0 Å². The number of hydrogen-bond acceptors (Lipinski definition) is 5. The highest BCUT2D eigenvalue weighted by atomic mass is 16.5. The van der Waals surface area contributed by atoms with Gasteiger partial charge in [-0.3, -0.25) is 4.79 Å². The minimum Gasteiger partial charge on any atom is -0.619 e. The van der Waals surface area contributed by atoms with Gasteiger partial charge in [0.1, 0.15) is 0 Å². The van der Waals surface area contributed by atoms with Gasteiger partial charge in [0.15, 0.2) is 11.9 Å². The van der Waals surface area contributed by atoms with Crippen LogP contribution < -0.4 is 10.0 Å². The molecule has 0 saturated heterocycles. The Morgan fingerprint density at radius 1 is 1.52 bits per heavy atom. The summed E-state index contributed by atoms with van der Waals surface area (Å²) in [7, 11) is 0. The molecule has 2 saturated carbocycles. The third-order valence-electron chi connectivity index (χ3n) is 5.69. The fourth-order valence-electron chi connectivity index (χ4n) is 3.93. The average Bonchev–Trinajstić information content (AvgIpc) is 3.52. The Hall–Kier alpha value is -2.48. The van der Waals surface area contributed by atoms with E-state index in [-0.39, 0.29) is 12.5 Å². The maximum atomic E-state index is 12.8. The quantitative estimate of drug-likeness (QED) is 0.610. The number of fused-ring (bicyclic) bond motifs is 3. The number of hydrogen-bond donors (Lipinski definition) is 2. The molecule has 3 aliphatic carbocycles. The van der Waals surface area contributed by atoms with E-state index in [1.54, 1.807) is 4.68 Å². The molecule has 1 amide bonds. The molecule has 2 fully saturated rings. The van der Waals surface area contributed by atoms with Crippen LogP contribution in [0.4, 0.5) is 0 Å². The van der Waals surface area contributed by atoms with Crippen LogP contribution in [0, 0.1) is 11.1 Å². The van der Waals surface area contributed by atoms with Gasteiger partial charge >= 0.3 is 0 Å². The van der Waals surface area contributed by atoms with E-state index in [0.717, 1.165) is 43.4 Å². The van der Waals surface area contributed by atoms with Crippen LogP contribution in [-0.4, -0.2) is 37.9 Å². The summed E-state index contributed by atoms with van der Waals surface area (Å²) in [5.41, 5.74) is 1.92. The Morgan fingerprint density at radius 2 is 2.36 bits per heavy atom. The minimum atomic E-state index is -0.479. The first-order valence-corrected chi connectivity index (χ1v) is 8.70. The van der Waals surface area contributed by atoms with E-state index >= 15 is 0 Å². The monoisotopic (exact) mass is 341 g/mol. The molecular weight excluding hydrogens is 322 g/mol. The smallest absolute Gasteiger partial charge is 0.272 e. The summed E-state index contributed by atoms with van der Waals surface area (Å²) in [6.45, 7) is -0.0528. The maximum Gasteiger partial charge on any atom is 0.272 e.